The van der Waals surface area contributed by atoms with Crippen molar-refractivity contribution >= 4 is 11.6 Å². The molecule has 122 valence electrons. The first kappa shape index (κ1) is 16.9. The van der Waals surface area contributed by atoms with E-state index in [1.807, 2.05) is 57.2 Å². The molecule has 0 aromatic heterocycles. The molecule has 0 bridgehead atoms. The van der Waals surface area contributed by atoms with Gasteiger partial charge in [0.05, 0.1) is 25.3 Å². The van der Waals surface area contributed by atoms with E-state index in [-0.39, 0.29) is 12.3 Å². The number of ether oxygens (including phenoxy) is 2. The van der Waals surface area contributed by atoms with Crippen molar-refractivity contribution in [2.75, 3.05) is 18.5 Å². The molecule has 0 heterocycles. The Morgan fingerprint density at radius 3 is 2.43 bits per heavy atom. The molecule has 0 saturated carbocycles. The van der Waals surface area contributed by atoms with Crippen LogP contribution in [0.1, 0.15) is 24.5 Å². The van der Waals surface area contributed by atoms with Crippen LogP contribution in [0.25, 0.3) is 0 Å². The molecule has 23 heavy (non-hydrogen) atoms. The Kier molecular flexibility index (Phi) is 6.03. The second kappa shape index (κ2) is 8.22. The minimum atomic E-state index is -0.0958. The first-order valence-electron chi connectivity index (χ1n) is 7.81. The topological polar surface area (TPSA) is 47.6 Å². The summed E-state index contributed by atoms with van der Waals surface area (Å²) in [5.74, 6) is 1.38. The zero-order valence-electron chi connectivity index (χ0n) is 13.9. The molecule has 0 saturated heterocycles. The van der Waals surface area contributed by atoms with Gasteiger partial charge in [0.15, 0.2) is 0 Å². The zero-order valence-corrected chi connectivity index (χ0v) is 13.9. The summed E-state index contributed by atoms with van der Waals surface area (Å²) in [7, 11) is 0. The molecule has 4 heteroatoms. The van der Waals surface area contributed by atoms with Crippen molar-refractivity contribution in [3.63, 3.8) is 0 Å². The fourth-order valence-electron chi connectivity index (χ4n) is 2.34. The summed E-state index contributed by atoms with van der Waals surface area (Å²) in [4.78, 5) is 12.0. The molecule has 1 N–H and O–H groups in total. The van der Waals surface area contributed by atoms with Crippen LogP contribution in [0, 0.1) is 13.8 Å². The number of benzene rings is 2. The smallest absolute Gasteiger partial charge is 0.227 e. The number of amides is 1. The predicted molar refractivity (Wildman–Crippen MR) is 92.3 cm³/mol. The van der Waals surface area contributed by atoms with Gasteiger partial charge in [-0.2, -0.15) is 0 Å². The maximum absolute atomic E-state index is 12.0. The van der Waals surface area contributed by atoms with Gasteiger partial charge in [-0.1, -0.05) is 18.2 Å². The third kappa shape index (κ3) is 5.33. The van der Waals surface area contributed by atoms with Gasteiger partial charge >= 0.3 is 0 Å². The van der Waals surface area contributed by atoms with Crippen molar-refractivity contribution in [1.82, 2.24) is 0 Å². The lowest BCUT2D eigenvalue weighted by molar-refractivity contribution is -0.116. The van der Waals surface area contributed by atoms with Gasteiger partial charge in [0.1, 0.15) is 11.5 Å². The average Bonchev–Trinajstić information content (AvgIpc) is 2.48. The molecule has 0 aliphatic carbocycles. The monoisotopic (exact) mass is 313 g/mol. The number of hydrogen-bond acceptors (Lipinski definition) is 3. The van der Waals surface area contributed by atoms with Crippen LogP contribution in [-0.2, 0) is 4.79 Å². The Morgan fingerprint density at radius 2 is 1.74 bits per heavy atom. The number of carbonyl (C=O) groups is 1. The van der Waals surface area contributed by atoms with Gasteiger partial charge in [0.25, 0.3) is 0 Å². The van der Waals surface area contributed by atoms with Crippen molar-refractivity contribution in [3.8, 4) is 11.5 Å². The predicted octanol–water partition coefficient (Wildman–Crippen LogP) is 4.11. The van der Waals surface area contributed by atoms with E-state index in [4.69, 9.17) is 9.47 Å². The number of carbonyl (C=O) groups excluding carboxylic acids is 1. The lowest BCUT2D eigenvalue weighted by atomic mass is 10.1. The average molecular weight is 313 g/mol. The van der Waals surface area contributed by atoms with Gasteiger partial charge in [-0.05, 0) is 56.2 Å². The summed E-state index contributed by atoms with van der Waals surface area (Å²) < 4.78 is 11.2. The molecule has 2 aromatic rings. The molecule has 0 aliphatic heterocycles. The normalized spacial score (nSPS) is 10.2. The van der Waals surface area contributed by atoms with Crippen LogP contribution in [0.3, 0.4) is 0 Å². The first-order chi connectivity index (χ1) is 11.1. The van der Waals surface area contributed by atoms with E-state index in [2.05, 4.69) is 11.4 Å². The highest BCUT2D eigenvalue weighted by atomic mass is 16.5. The van der Waals surface area contributed by atoms with E-state index in [1.165, 1.54) is 0 Å². The molecule has 2 aromatic carbocycles. The van der Waals surface area contributed by atoms with Crippen LogP contribution >= 0.6 is 0 Å². The maximum Gasteiger partial charge on any atom is 0.227 e. The highest BCUT2D eigenvalue weighted by Gasteiger charge is 2.07. The Balaban J connectivity index is 1.86. The third-order valence-electron chi connectivity index (χ3n) is 3.25. The number of rotatable bonds is 7. The summed E-state index contributed by atoms with van der Waals surface area (Å²) >= 11 is 0. The lowest BCUT2D eigenvalue weighted by Crippen LogP contribution is -2.16. The number of para-hydroxylation sites is 2. The van der Waals surface area contributed by atoms with Crippen molar-refractivity contribution < 1.29 is 14.3 Å². The molecular weight excluding hydrogens is 290 g/mol. The second-order valence-electron chi connectivity index (χ2n) is 5.40. The van der Waals surface area contributed by atoms with E-state index in [1.54, 1.807) is 0 Å². The molecule has 0 atom stereocenters. The minimum absolute atomic E-state index is 0.0958. The Morgan fingerprint density at radius 1 is 1.04 bits per heavy atom. The Labute approximate surface area is 137 Å². The fraction of sp³-hybridized carbons (Fsp3) is 0.316. The number of anilines is 1. The standard InChI is InChI=1S/C19H23NO3/c1-4-22-18-8-6-5-7-17(18)20-19(21)9-10-23-16-12-14(2)11-15(3)13-16/h5-8,11-13H,4,9-10H2,1-3H3,(H,20,21). The Hall–Kier alpha value is -2.49. The van der Waals surface area contributed by atoms with Gasteiger partial charge in [-0.15, -0.1) is 0 Å². The molecular formula is C19H23NO3. The van der Waals surface area contributed by atoms with Crippen LogP contribution in [0.5, 0.6) is 11.5 Å². The number of hydrogen-bond donors (Lipinski definition) is 1. The molecule has 0 aliphatic rings. The quantitative estimate of drug-likeness (QED) is 0.837. The van der Waals surface area contributed by atoms with Crippen molar-refractivity contribution in [2.24, 2.45) is 0 Å². The van der Waals surface area contributed by atoms with Gasteiger partial charge < -0.3 is 14.8 Å². The van der Waals surface area contributed by atoms with E-state index >= 15 is 0 Å². The molecule has 0 unspecified atom stereocenters. The van der Waals surface area contributed by atoms with Crippen LogP contribution in [0.15, 0.2) is 42.5 Å². The summed E-state index contributed by atoms with van der Waals surface area (Å²) in [6.07, 6.45) is 0.285. The maximum atomic E-state index is 12.0. The van der Waals surface area contributed by atoms with Crippen LogP contribution < -0.4 is 14.8 Å². The minimum Gasteiger partial charge on any atom is -0.493 e. The molecule has 0 radical (unpaired) electrons. The fourth-order valence-corrected chi connectivity index (χ4v) is 2.34. The lowest BCUT2D eigenvalue weighted by Gasteiger charge is -2.12. The largest absolute Gasteiger partial charge is 0.493 e. The van der Waals surface area contributed by atoms with Gasteiger partial charge in [-0.3, -0.25) is 4.79 Å². The molecule has 4 nitrogen and oxygen atoms in total. The van der Waals surface area contributed by atoms with Gasteiger partial charge in [0.2, 0.25) is 5.91 Å². The van der Waals surface area contributed by atoms with Crippen molar-refractivity contribution in [1.29, 1.82) is 0 Å². The molecule has 0 fully saturated rings. The molecule has 2 rings (SSSR count). The summed E-state index contributed by atoms with van der Waals surface area (Å²) in [5.41, 5.74) is 2.98. The second-order valence-corrected chi connectivity index (χ2v) is 5.40. The number of nitrogens with one attached hydrogen (secondary N) is 1. The van der Waals surface area contributed by atoms with E-state index < -0.39 is 0 Å². The number of aryl methyl sites for hydroxylation is 2. The van der Waals surface area contributed by atoms with Crippen LogP contribution in [0.4, 0.5) is 5.69 Å². The van der Waals surface area contributed by atoms with Gasteiger partial charge in [0, 0.05) is 0 Å². The summed E-state index contributed by atoms with van der Waals surface area (Å²) in [6, 6.07) is 13.4. The van der Waals surface area contributed by atoms with E-state index in [0.29, 0.717) is 24.7 Å². The first-order valence-corrected chi connectivity index (χ1v) is 7.81. The zero-order chi connectivity index (χ0) is 16.7. The van der Waals surface area contributed by atoms with E-state index in [9.17, 15) is 4.79 Å². The summed E-state index contributed by atoms with van der Waals surface area (Å²) in [6.45, 7) is 6.86. The van der Waals surface area contributed by atoms with Crippen molar-refractivity contribution in [2.45, 2.75) is 27.2 Å². The Bertz CT molecular complexity index is 647. The highest BCUT2D eigenvalue weighted by Crippen LogP contribution is 2.23. The van der Waals surface area contributed by atoms with E-state index in [0.717, 1.165) is 16.9 Å². The molecule has 0 spiro atoms. The van der Waals surface area contributed by atoms with Crippen LogP contribution in [0.2, 0.25) is 0 Å². The van der Waals surface area contributed by atoms with Crippen LogP contribution in [-0.4, -0.2) is 19.1 Å². The van der Waals surface area contributed by atoms with Crippen molar-refractivity contribution in [3.05, 3.63) is 53.6 Å². The third-order valence-corrected chi connectivity index (χ3v) is 3.25. The summed E-state index contributed by atoms with van der Waals surface area (Å²) in [5, 5.41) is 2.86. The van der Waals surface area contributed by atoms with Gasteiger partial charge in [-0.25, -0.2) is 0 Å². The SMILES string of the molecule is CCOc1ccccc1NC(=O)CCOc1cc(C)cc(C)c1. The highest BCUT2D eigenvalue weighted by molar-refractivity contribution is 5.92. The molecule has 1 amide bonds.